The SMILES string of the molecule is Cc1nn(CC(=O)N(C2CCCC2)[C@@H]2CCS(=O)(=O)C2)c(C)c1S(=O)(=O)N1CCOCC1. The summed E-state index contributed by atoms with van der Waals surface area (Å²) in [4.78, 5) is 15.3. The van der Waals surface area contributed by atoms with Gasteiger partial charge in [0.2, 0.25) is 15.9 Å². The standard InChI is InChI=1S/C20H32N4O6S2/c1-15-20(32(28,29)22-8-10-30-11-9-22)16(2)23(21-15)13-19(25)24(17-5-3-4-6-17)18-7-12-31(26,27)14-18/h17-18H,3-14H2,1-2H3/t18-/m1/s1. The van der Waals surface area contributed by atoms with Gasteiger partial charge >= 0.3 is 0 Å². The van der Waals surface area contributed by atoms with E-state index in [2.05, 4.69) is 5.10 Å². The summed E-state index contributed by atoms with van der Waals surface area (Å²) in [6.45, 7) is 4.49. The van der Waals surface area contributed by atoms with Gasteiger partial charge in [-0.1, -0.05) is 12.8 Å². The Labute approximate surface area is 189 Å². The number of morpholine rings is 1. The third-order valence-corrected chi connectivity index (χ3v) is 10.7. The van der Waals surface area contributed by atoms with E-state index in [-0.39, 0.29) is 54.0 Å². The summed E-state index contributed by atoms with van der Waals surface area (Å²) in [7, 11) is -6.87. The molecular formula is C20H32N4O6S2. The zero-order chi connectivity index (χ0) is 23.1. The van der Waals surface area contributed by atoms with Gasteiger partial charge in [0.1, 0.15) is 11.4 Å². The van der Waals surface area contributed by atoms with Crippen LogP contribution in [-0.4, -0.2) is 91.6 Å². The Morgan fingerprint density at radius 1 is 1.12 bits per heavy atom. The van der Waals surface area contributed by atoms with Gasteiger partial charge in [-0.25, -0.2) is 16.8 Å². The number of sulfone groups is 1. The Morgan fingerprint density at radius 2 is 1.78 bits per heavy atom. The number of nitrogens with zero attached hydrogens (tertiary/aromatic N) is 4. The number of carbonyl (C=O) groups excluding carboxylic acids is 1. The van der Waals surface area contributed by atoms with Crippen LogP contribution < -0.4 is 0 Å². The van der Waals surface area contributed by atoms with Crippen molar-refractivity contribution in [2.75, 3.05) is 37.8 Å². The first-order valence-corrected chi connectivity index (χ1v) is 14.5. The van der Waals surface area contributed by atoms with E-state index in [1.807, 2.05) is 0 Å². The molecule has 0 bridgehead atoms. The number of rotatable bonds is 6. The number of hydrogen-bond acceptors (Lipinski definition) is 7. The van der Waals surface area contributed by atoms with E-state index in [0.29, 0.717) is 31.0 Å². The summed E-state index contributed by atoms with van der Waals surface area (Å²) in [5.74, 6) is -0.0844. The van der Waals surface area contributed by atoms with Crippen molar-refractivity contribution in [3.05, 3.63) is 11.4 Å². The molecule has 1 aromatic heterocycles. The Hall–Kier alpha value is -1.50. The molecule has 0 unspecified atom stereocenters. The van der Waals surface area contributed by atoms with Crippen molar-refractivity contribution < 1.29 is 26.4 Å². The summed E-state index contributed by atoms with van der Waals surface area (Å²) >= 11 is 0. The molecule has 1 aliphatic carbocycles. The highest BCUT2D eigenvalue weighted by Gasteiger charge is 2.39. The summed E-state index contributed by atoms with van der Waals surface area (Å²) in [6.07, 6.45) is 4.25. The molecule has 0 N–H and O–H groups in total. The monoisotopic (exact) mass is 488 g/mol. The molecule has 0 radical (unpaired) electrons. The van der Waals surface area contributed by atoms with Crippen LogP contribution in [-0.2, 0) is 35.9 Å². The van der Waals surface area contributed by atoms with Crippen molar-refractivity contribution in [3.8, 4) is 0 Å². The van der Waals surface area contributed by atoms with Gasteiger partial charge in [0.15, 0.2) is 9.84 Å². The lowest BCUT2D eigenvalue weighted by molar-refractivity contribution is -0.136. The van der Waals surface area contributed by atoms with Gasteiger partial charge in [0.05, 0.1) is 36.1 Å². The molecule has 1 atom stereocenters. The van der Waals surface area contributed by atoms with Crippen LogP contribution >= 0.6 is 0 Å². The van der Waals surface area contributed by atoms with Gasteiger partial charge in [0.25, 0.3) is 0 Å². The molecule has 12 heteroatoms. The minimum Gasteiger partial charge on any atom is -0.379 e. The highest BCUT2D eigenvalue weighted by Crippen LogP contribution is 2.30. The van der Waals surface area contributed by atoms with E-state index >= 15 is 0 Å². The maximum absolute atomic E-state index is 13.4. The first-order chi connectivity index (χ1) is 15.1. The molecule has 0 spiro atoms. The second-order valence-corrected chi connectivity index (χ2v) is 13.1. The van der Waals surface area contributed by atoms with Crippen LogP contribution in [0.4, 0.5) is 0 Å². The number of sulfonamides is 1. The summed E-state index contributed by atoms with van der Waals surface area (Å²) in [5.41, 5.74) is 0.783. The number of aryl methyl sites for hydroxylation is 1. The molecule has 1 saturated carbocycles. The molecule has 4 rings (SSSR count). The van der Waals surface area contributed by atoms with Gasteiger partial charge in [-0.3, -0.25) is 9.48 Å². The van der Waals surface area contributed by atoms with Crippen molar-refractivity contribution in [1.29, 1.82) is 0 Å². The molecular weight excluding hydrogens is 456 g/mol. The first kappa shape index (κ1) is 23.7. The smallest absolute Gasteiger partial charge is 0.246 e. The van der Waals surface area contributed by atoms with Crippen molar-refractivity contribution in [3.63, 3.8) is 0 Å². The van der Waals surface area contributed by atoms with Crippen LogP contribution in [0.3, 0.4) is 0 Å². The molecule has 2 aliphatic heterocycles. The number of amides is 1. The van der Waals surface area contributed by atoms with Crippen molar-refractivity contribution in [1.82, 2.24) is 19.0 Å². The minimum absolute atomic E-state index is 0.00299. The molecule has 3 aliphatic rings. The topological polar surface area (TPSA) is 119 Å². The lowest BCUT2D eigenvalue weighted by Crippen LogP contribution is -2.48. The van der Waals surface area contributed by atoms with E-state index in [1.54, 1.807) is 18.7 Å². The molecule has 0 aromatic carbocycles. The number of ether oxygens (including phenoxy) is 1. The van der Waals surface area contributed by atoms with E-state index < -0.39 is 19.9 Å². The van der Waals surface area contributed by atoms with Crippen LogP contribution in [0.5, 0.6) is 0 Å². The predicted molar refractivity (Wildman–Crippen MR) is 117 cm³/mol. The fourth-order valence-corrected chi connectivity index (χ4v) is 8.71. The lowest BCUT2D eigenvalue weighted by atomic mass is 10.1. The van der Waals surface area contributed by atoms with Crippen LogP contribution in [0.2, 0.25) is 0 Å². The zero-order valence-electron chi connectivity index (χ0n) is 18.7. The molecule has 1 amide bonds. The highest BCUT2D eigenvalue weighted by atomic mass is 32.2. The Balaban J connectivity index is 1.58. The van der Waals surface area contributed by atoms with Crippen molar-refractivity contribution in [2.45, 2.75) is 69.5 Å². The molecule has 3 fully saturated rings. The highest BCUT2D eigenvalue weighted by molar-refractivity contribution is 7.91. The average molecular weight is 489 g/mol. The normalized spacial score (nSPS) is 24.8. The van der Waals surface area contributed by atoms with Crippen LogP contribution in [0.25, 0.3) is 0 Å². The van der Waals surface area contributed by atoms with E-state index in [0.717, 1.165) is 25.7 Å². The van der Waals surface area contributed by atoms with Gasteiger partial charge in [-0.15, -0.1) is 0 Å². The predicted octanol–water partition coefficient (Wildman–Crippen LogP) is 0.479. The van der Waals surface area contributed by atoms with Crippen LogP contribution in [0.15, 0.2) is 4.90 Å². The average Bonchev–Trinajstić information content (AvgIpc) is 3.44. The lowest BCUT2D eigenvalue weighted by Gasteiger charge is -2.34. The van der Waals surface area contributed by atoms with Crippen molar-refractivity contribution in [2.24, 2.45) is 0 Å². The first-order valence-electron chi connectivity index (χ1n) is 11.2. The third-order valence-electron chi connectivity index (χ3n) is 6.78. The third kappa shape index (κ3) is 4.59. The molecule has 1 aromatic rings. The molecule has 3 heterocycles. The molecule has 2 saturated heterocycles. The largest absolute Gasteiger partial charge is 0.379 e. The van der Waals surface area contributed by atoms with Gasteiger partial charge in [-0.2, -0.15) is 9.40 Å². The van der Waals surface area contributed by atoms with Crippen LogP contribution in [0, 0.1) is 13.8 Å². The second-order valence-electron chi connectivity index (χ2n) is 8.97. The molecule has 180 valence electrons. The van der Waals surface area contributed by atoms with E-state index in [9.17, 15) is 21.6 Å². The van der Waals surface area contributed by atoms with E-state index in [4.69, 9.17) is 4.74 Å². The summed E-state index contributed by atoms with van der Waals surface area (Å²) < 4.78 is 58.7. The fourth-order valence-electron chi connectivity index (χ4n) is 5.22. The zero-order valence-corrected chi connectivity index (χ0v) is 20.3. The van der Waals surface area contributed by atoms with Crippen molar-refractivity contribution >= 4 is 25.8 Å². The fraction of sp³-hybridized carbons (Fsp3) is 0.800. The van der Waals surface area contributed by atoms with Crippen LogP contribution in [0.1, 0.15) is 43.5 Å². The maximum Gasteiger partial charge on any atom is 0.246 e. The number of hydrogen-bond donors (Lipinski definition) is 0. The Bertz CT molecular complexity index is 1070. The quantitative estimate of drug-likeness (QED) is 0.571. The Morgan fingerprint density at radius 3 is 2.38 bits per heavy atom. The Kier molecular flexibility index (Phi) is 6.68. The van der Waals surface area contributed by atoms with Gasteiger partial charge < -0.3 is 9.64 Å². The van der Waals surface area contributed by atoms with E-state index in [1.165, 1.54) is 8.99 Å². The molecule has 32 heavy (non-hydrogen) atoms. The van der Waals surface area contributed by atoms with Gasteiger partial charge in [-0.05, 0) is 33.1 Å². The summed E-state index contributed by atoms with van der Waals surface area (Å²) in [6, 6.07) is -0.279. The number of aromatic nitrogens is 2. The summed E-state index contributed by atoms with van der Waals surface area (Å²) in [5, 5.41) is 4.39. The van der Waals surface area contributed by atoms with Gasteiger partial charge in [0, 0.05) is 25.2 Å². The molecule has 10 nitrogen and oxygen atoms in total. The second kappa shape index (κ2) is 9.03. The minimum atomic E-state index is -3.74. The maximum atomic E-state index is 13.4. The number of carbonyl (C=O) groups is 1.